The SMILES string of the molecule is CC1(CCl)SC2C(NC(=O)COc3ccccc3)C(=O)N2C1C(=O)OC(c1ccccc1)c1ccccc1. The van der Waals surface area contributed by atoms with E-state index in [0.717, 1.165) is 11.1 Å². The smallest absolute Gasteiger partial charge is 0.331 e. The maximum absolute atomic E-state index is 13.7. The summed E-state index contributed by atoms with van der Waals surface area (Å²) in [5, 5.41) is 2.32. The first-order valence-electron chi connectivity index (χ1n) is 12.2. The highest BCUT2D eigenvalue weighted by Crippen LogP contribution is 2.52. The Morgan fingerprint density at radius 3 is 2.08 bits per heavy atom. The van der Waals surface area contributed by atoms with Crippen molar-refractivity contribution < 1.29 is 23.9 Å². The second kappa shape index (κ2) is 11.1. The van der Waals surface area contributed by atoms with Gasteiger partial charge in [-0.15, -0.1) is 23.4 Å². The average molecular weight is 551 g/mol. The van der Waals surface area contributed by atoms with E-state index in [1.807, 2.05) is 85.8 Å². The van der Waals surface area contributed by atoms with Gasteiger partial charge in [-0.1, -0.05) is 78.9 Å². The molecule has 4 unspecified atom stereocenters. The first-order chi connectivity index (χ1) is 18.4. The van der Waals surface area contributed by atoms with Crippen molar-refractivity contribution >= 4 is 41.1 Å². The van der Waals surface area contributed by atoms with Crippen molar-refractivity contribution in [3.8, 4) is 5.75 Å². The van der Waals surface area contributed by atoms with Gasteiger partial charge in [0, 0.05) is 5.88 Å². The monoisotopic (exact) mass is 550 g/mol. The molecule has 3 aromatic rings. The van der Waals surface area contributed by atoms with Crippen LogP contribution in [0.2, 0.25) is 0 Å². The van der Waals surface area contributed by atoms with Crippen LogP contribution in [-0.2, 0) is 19.1 Å². The van der Waals surface area contributed by atoms with E-state index in [0.29, 0.717) is 5.75 Å². The van der Waals surface area contributed by atoms with Gasteiger partial charge in [0.15, 0.2) is 12.7 Å². The van der Waals surface area contributed by atoms with Crippen molar-refractivity contribution in [1.29, 1.82) is 0 Å². The molecule has 0 spiro atoms. The number of hydrogen-bond donors (Lipinski definition) is 1. The molecule has 0 aromatic heterocycles. The summed E-state index contributed by atoms with van der Waals surface area (Å²) in [6.45, 7) is 1.62. The molecule has 5 rings (SSSR count). The lowest BCUT2D eigenvalue weighted by Crippen LogP contribution is -2.71. The number of fused-ring (bicyclic) bond motifs is 1. The lowest BCUT2D eigenvalue weighted by molar-refractivity contribution is -0.166. The molecule has 3 aromatic carbocycles. The molecule has 0 radical (unpaired) electrons. The molecule has 2 aliphatic heterocycles. The Morgan fingerprint density at radius 1 is 0.974 bits per heavy atom. The van der Waals surface area contributed by atoms with Crippen molar-refractivity contribution in [2.75, 3.05) is 12.5 Å². The molecule has 0 saturated carbocycles. The Morgan fingerprint density at radius 2 is 1.53 bits per heavy atom. The van der Waals surface area contributed by atoms with Crippen LogP contribution in [0.1, 0.15) is 24.2 Å². The minimum atomic E-state index is -0.897. The zero-order valence-electron chi connectivity index (χ0n) is 20.7. The molecule has 38 heavy (non-hydrogen) atoms. The number of benzene rings is 3. The first kappa shape index (κ1) is 26.1. The minimum absolute atomic E-state index is 0.122. The topological polar surface area (TPSA) is 84.9 Å². The zero-order chi connectivity index (χ0) is 26.7. The molecule has 0 bridgehead atoms. The normalized spacial score (nSPS) is 23.9. The molecule has 7 nitrogen and oxygen atoms in total. The third-order valence-electron chi connectivity index (χ3n) is 6.68. The number of amides is 2. The van der Waals surface area contributed by atoms with Gasteiger partial charge >= 0.3 is 5.97 Å². The van der Waals surface area contributed by atoms with Gasteiger partial charge in [0.2, 0.25) is 5.91 Å². The van der Waals surface area contributed by atoms with Crippen LogP contribution in [0.25, 0.3) is 0 Å². The van der Waals surface area contributed by atoms with E-state index in [1.54, 1.807) is 12.1 Å². The molecule has 2 heterocycles. The van der Waals surface area contributed by atoms with Gasteiger partial charge in [0.1, 0.15) is 23.2 Å². The van der Waals surface area contributed by atoms with Crippen LogP contribution < -0.4 is 10.1 Å². The van der Waals surface area contributed by atoms with Crippen molar-refractivity contribution in [3.05, 3.63) is 102 Å². The summed E-state index contributed by atoms with van der Waals surface area (Å²) in [5.74, 6) is -0.618. The van der Waals surface area contributed by atoms with Gasteiger partial charge in [0.25, 0.3) is 5.91 Å². The molecule has 2 saturated heterocycles. The van der Waals surface area contributed by atoms with Crippen LogP contribution in [-0.4, -0.2) is 57.4 Å². The van der Waals surface area contributed by atoms with Crippen LogP contribution in [0, 0.1) is 0 Å². The minimum Gasteiger partial charge on any atom is -0.484 e. The number of carbonyl (C=O) groups is 3. The standard InChI is InChI=1S/C29H27ClN2O5S/c1-29(18-30)25(28(35)37-24(19-11-5-2-6-12-19)20-13-7-3-8-14-20)32-26(34)23(27(32)38-29)31-22(33)17-36-21-15-9-4-10-16-21/h2-16,23-25,27H,17-18H2,1H3,(H,31,33). The number of esters is 1. The molecule has 196 valence electrons. The predicted molar refractivity (Wildman–Crippen MR) is 146 cm³/mol. The summed E-state index contributed by atoms with van der Waals surface area (Å²) in [5.41, 5.74) is 1.64. The molecule has 1 N–H and O–H groups in total. The fraction of sp³-hybridized carbons (Fsp3) is 0.276. The maximum Gasteiger partial charge on any atom is 0.331 e. The zero-order valence-corrected chi connectivity index (χ0v) is 22.2. The number of hydrogen-bond acceptors (Lipinski definition) is 6. The van der Waals surface area contributed by atoms with E-state index in [2.05, 4.69) is 5.32 Å². The Labute approximate surface area is 230 Å². The van der Waals surface area contributed by atoms with Gasteiger partial charge in [-0.2, -0.15) is 0 Å². The average Bonchev–Trinajstić information content (AvgIpc) is 3.25. The molecular formula is C29H27ClN2O5S. The maximum atomic E-state index is 13.7. The number of ether oxygens (including phenoxy) is 2. The molecule has 2 fully saturated rings. The molecule has 4 atom stereocenters. The summed E-state index contributed by atoms with van der Waals surface area (Å²) >= 11 is 7.76. The van der Waals surface area contributed by atoms with E-state index >= 15 is 0 Å². The molecular weight excluding hydrogens is 524 g/mol. The van der Waals surface area contributed by atoms with Crippen LogP contribution in [0.5, 0.6) is 5.75 Å². The third kappa shape index (κ3) is 5.11. The number of nitrogens with zero attached hydrogens (tertiary/aromatic N) is 1. The second-order valence-electron chi connectivity index (χ2n) is 9.39. The Bertz CT molecular complexity index is 1260. The van der Waals surface area contributed by atoms with Crippen molar-refractivity contribution in [2.24, 2.45) is 0 Å². The number of β-lactam (4-membered cyclic amide) rings is 1. The van der Waals surface area contributed by atoms with Gasteiger partial charge in [-0.05, 0) is 30.2 Å². The summed E-state index contributed by atoms with van der Waals surface area (Å²) in [6.07, 6.45) is -0.643. The number of halogens is 1. The van der Waals surface area contributed by atoms with E-state index in [1.165, 1.54) is 16.7 Å². The predicted octanol–water partition coefficient (Wildman–Crippen LogP) is 4.16. The van der Waals surface area contributed by atoms with Crippen molar-refractivity contribution in [2.45, 2.75) is 35.2 Å². The number of thioether (sulfide) groups is 1. The van der Waals surface area contributed by atoms with E-state index in [-0.39, 0.29) is 18.4 Å². The molecule has 9 heteroatoms. The van der Waals surface area contributed by atoms with E-state index in [9.17, 15) is 14.4 Å². The summed E-state index contributed by atoms with van der Waals surface area (Å²) < 4.78 is 10.8. The van der Waals surface area contributed by atoms with Crippen molar-refractivity contribution in [3.63, 3.8) is 0 Å². The Hall–Kier alpha value is -3.49. The van der Waals surface area contributed by atoms with E-state index in [4.69, 9.17) is 21.1 Å². The third-order valence-corrected chi connectivity index (χ3v) is 9.04. The quantitative estimate of drug-likeness (QED) is 0.245. The highest BCUT2D eigenvalue weighted by Gasteiger charge is 2.66. The first-order valence-corrected chi connectivity index (χ1v) is 13.7. The van der Waals surface area contributed by atoms with Gasteiger partial charge < -0.3 is 19.7 Å². The molecule has 2 aliphatic rings. The van der Waals surface area contributed by atoms with Gasteiger partial charge in [-0.25, -0.2) is 4.79 Å². The summed E-state index contributed by atoms with van der Waals surface area (Å²) in [4.78, 5) is 40.9. The molecule has 2 amide bonds. The summed E-state index contributed by atoms with van der Waals surface area (Å²) in [7, 11) is 0. The number of rotatable bonds is 9. The second-order valence-corrected chi connectivity index (χ2v) is 11.3. The van der Waals surface area contributed by atoms with Gasteiger partial charge in [0.05, 0.1) is 4.75 Å². The van der Waals surface area contributed by atoms with E-state index < -0.39 is 40.2 Å². The highest BCUT2D eigenvalue weighted by molar-refractivity contribution is 8.01. The number of alkyl halides is 1. The number of nitrogens with one attached hydrogen (secondary N) is 1. The number of carbonyl (C=O) groups excluding carboxylic acids is 3. The Balaban J connectivity index is 1.30. The van der Waals surface area contributed by atoms with Crippen LogP contribution in [0.15, 0.2) is 91.0 Å². The summed E-state index contributed by atoms with van der Waals surface area (Å²) in [6, 6.07) is 26.2. The van der Waals surface area contributed by atoms with Gasteiger partial charge in [-0.3, -0.25) is 9.59 Å². The molecule has 0 aliphatic carbocycles. The largest absolute Gasteiger partial charge is 0.484 e. The lowest BCUT2D eigenvalue weighted by Gasteiger charge is -2.44. The van der Waals surface area contributed by atoms with Crippen molar-refractivity contribution in [1.82, 2.24) is 10.2 Å². The fourth-order valence-corrected chi connectivity index (χ4v) is 6.71. The highest BCUT2D eigenvalue weighted by atomic mass is 35.5. The lowest BCUT2D eigenvalue weighted by atomic mass is 9.95. The Kier molecular flexibility index (Phi) is 7.63. The number of para-hydroxylation sites is 1. The fourth-order valence-electron chi connectivity index (χ4n) is 4.77. The van der Waals surface area contributed by atoms with Crippen LogP contribution in [0.3, 0.4) is 0 Å². The van der Waals surface area contributed by atoms with Crippen LogP contribution in [0.4, 0.5) is 0 Å². The van der Waals surface area contributed by atoms with Crippen LogP contribution >= 0.6 is 23.4 Å².